The zero-order valence-electron chi connectivity index (χ0n) is 12.6. The number of likely N-dealkylation sites (N-methyl/N-ethyl adjacent to an activating group) is 1. The van der Waals surface area contributed by atoms with Crippen molar-refractivity contribution in [3.63, 3.8) is 0 Å². The molecule has 120 valence electrons. The molecule has 1 aliphatic heterocycles. The van der Waals surface area contributed by atoms with Crippen LogP contribution in [0.3, 0.4) is 0 Å². The molecule has 1 unspecified atom stereocenters. The summed E-state index contributed by atoms with van der Waals surface area (Å²) < 4.78 is 32.8. The maximum atomic E-state index is 12.7. The van der Waals surface area contributed by atoms with Gasteiger partial charge < -0.3 is 14.6 Å². The minimum absolute atomic E-state index is 0.209. The molecule has 1 fully saturated rings. The highest BCUT2D eigenvalue weighted by atomic mass is 79.9. The molecule has 1 aromatic rings. The van der Waals surface area contributed by atoms with Crippen LogP contribution in [0.25, 0.3) is 0 Å². The van der Waals surface area contributed by atoms with E-state index in [-0.39, 0.29) is 15.6 Å². The van der Waals surface area contributed by atoms with Crippen LogP contribution in [0, 0.1) is 0 Å². The molecule has 6 nitrogen and oxygen atoms in total. The maximum Gasteiger partial charge on any atom is 0.247 e. The summed E-state index contributed by atoms with van der Waals surface area (Å²) in [5, 5.41) is 3.12. The number of nitrogens with one attached hydrogen (secondary N) is 1. The van der Waals surface area contributed by atoms with E-state index in [0.717, 1.165) is 13.1 Å². The first-order valence-corrected chi connectivity index (χ1v) is 9.29. The Morgan fingerprint density at radius 1 is 1.48 bits per heavy atom. The van der Waals surface area contributed by atoms with Gasteiger partial charge in [-0.2, -0.15) is 4.31 Å². The third-order valence-electron chi connectivity index (χ3n) is 3.80. The molecule has 2 rings (SSSR count). The van der Waals surface area contributed by atoms with E-state index < -0.39 is 10.0 Å². The fraction of sp³-hybridized carbons (Fsp3) is 0.692. The highest BCUT2D eigenvalue weighted by Gasteiger charge is 2.33. The summed E-state index contributed by atoms with van der Waals surface area (Å²) >= 11 is 3.23. The summed E-state index contributed by atoms with van der Waals surface area (Å²) in [6.45, 7) is 7.08. The Bertz CT molecular complexity index is 587. The predicted molar refractivity (Wildman–Crippen MR) is 84.6 cm³/mol. The number of nitrogens with zero attached hydrogens (tertiary/aromatic N) is 2. The Morgan fingerprint density at radius 2 is 2.19 bits per heavy atom. The van der Waals surface area contributed by atoms with Gasteiger partial charge in [0, 0.05) is 31.7 Å². The quantitative estimate of drug-likeness (QED) is 0.838. The normalized spacial score (nSPS) is 21.8. The first kappa shape index (κ1) is 17.0. The molecule has 0 amide bonds. The lowest BCUT2D eigenvalue weighted by atomic mass is 10.2. The zero-order valence-corrected chi connectivity index (χ0v) is 15.0. The zero-order chi connectivity index (χ0) is 15.6. The van der Waals surface area contributed by atoms with E-state index in [1.54, 1.807) is 6.07 Å². The van der Waals surface area contributed by atoms with Gasteiger partial charge in [0.1, 0.15) is 10.7 Å². The lowest BCUT2D eigenvalue weighted by molar-refractivity contribution is 0.159. The first-order valence-electron chi connectivity index (χ1n) is 7.05. The standard InChI is InChI=1S/C13H22BrN3O3S/c1-4-15-8-11-7-12(13(14)20-11)21(18,19)17-6-5-16(3)10(2)9-17/h7,10,15H,4-6,8-9H2,1-3H3. The van der Waals surface area contributed by atoms with Crippen molar-refractivity contribution < 1.29 is 12.8 Å². The van der Waals surface area contributed by atoms with Gasteiger partial charge in [-0.3, -0.25) is 0 Å². The SMILES string of the molecule is CCNCc1cc(S(=O)(=O)N2CCN(C)C(C)C2)c(Br)o1. The average Bonchev–Trinajstić information content (AvgIpc) is 2.81. The summed E-state index contributed by atoms with van der Waals surface area (Å²) in [7, 11) is -1.50. The molecule has 0 bridgehead atoms. The summed E-state index contributed by atoms with van der Waals surface area (Å²) in [6, 6.07) is 1.81. The lowest BCUT2D eigenvalue weighted by Crippen LogP contribution is -2.51. The molecule has 1 saturated heterocycles. The van der Waals surface area contributed by atoms with Crippen LogP contribution in [-0.4, -0.2) is 56.9 Å². The summed E-state index contributed by atoms with van der Waals surface area (Å²) in [5.74, 6) is 0.615. The molecule has 1 aromatic heterocycles. The number of hydrogen-bond acceptors (Lipinski definition) is 5. The van der Waals surface area contributed by atoms with Gasteiger partial charge in [0.15, 0.2) is 4.67 Å². The summed E-state index contributed by atoms with van der Waals surface area (Å²) in [5.41, 5.74) is 0. The van der Waals surface area contributed by atoms with Crippen LogP contribution in [0.2, 0.25) is 0 Å². The van der Waals surface area contributed by atoms with E-state index >= 15 is 0 Å². The third kappa shape index (κ3) is 3.68. The van der Waals surface area contributed by atoms with Crippen LogP contribution in [0.5, 0.6) is 0 Å². The van der Waals surface area contributed by atoms with Crippen molar-refractivity contribution in [1.29, 1.82) is 0 Å². The van der Waals surface area contributed by atoms with Crippen molar-refractivity contribution in [3.05, 3.63) is 16.5 Å². The largest absolute Gasteiger partial charge is 0.452 e. The van der Waals surface area contributed by atoms with Gasteiger partial charge in [-0.05, 0) is 36.4 Å². The van der Waals surface area contributed by atoms with Crippen LogP contribution >= 0.6 is 15.9 Å². The minimum atomic E-state index is -3.51. The van der Waals surface area contributed by atoms with E-state index in [9.17, 15) is 8.42 Å². The highest BCUT2D eigenvalue weighted by Crippen LogP contribution is 2.29. The van der Waals surface area contributed by atoms with Crippen molar-refractivity contribution in [3.8, 4) is 0 Å². The van der Waals surface area contributed by atoms with Gasteiger partial charge in [-0.25, -0.2) is 8.42 Å². The minimum Gasteiger partial charge on any atom is -0.452 e. The van der Waals surface area contributed by atoms with E-state index in [0.29, 0.717) is 25.4 Å². The van der Waals surface area contributed by atoms with Gasteiger partial charge in [-0.15, -0.1) is 0 Å². The van der Waals surface area contributed by atoms with Gasteiger partial charge in [0.2, 0.25) is 10.0 Å². The fourth-order valence-corrected chi connectivity index (χ4v) is 4.75. The topological polar surface area (TPSA) is 65.8 Å². The third-order valence-corrected chi connectivity index (χ3v) is 6.52. The smallest absolute Gasteiger partial charge is 0.247 e. The predicted octanol–water partition coefficient (Wildman–Crippen LogP) is 1.48. The molecule has 1 aliphatic rings. The molecule has 1 atom stereocenters. The molecular weight excluding hydrogens is 358 g/mol. The Balaban J connectivity index is 2.21. The van der Waals surface area contributed by atoms with Crippen molar-refractivity contribution in [2.75, 3.05) is 33.2 Å². The summed E-state index contributed by atoms with van der Waals surface area (Å²) in [4.78, 5) is 2.37. The Kier molecular flexibility index (Phi) is 5.48. The average molecular weight is 380 g/mol. The maximum absolute atomic E-state index is 12.7. The second-order valence-electron chi connectivity index (χ2n) is 5.32. The van der Waals surface area contributed by atoms with E-state index in [2.05, 4.69) is 26.1 Å². The van der Waals surface area contributed by atoms with Crippen LogP contribution in [0.4, 0.5) is 0 Å². The van der Waals surface area contributed by atoms with Gasteiger partial charge in [-0.1, -0.05) is 6.92 Å². The van der Waals surface area contributed by atoms with Crippen LogP contribution in [0.1, 0.15) is 19.6 Å². The van der Waals surface area contributed by atoms with Crippen molar-refractivity contribution in [1.82, 2.24) is 14.5 Å². The lowest BCUT2D eigenvalue weighted by Gasteiger charge is -2.36. The fourth-order valence-electron chi connectivity index (χ4n) is 2.28. The number of furan rings is 1. The number of hydrogen-bond donors (Lipinski definition) is 1. The number of sulfonamides is 1. The van der Waals surface area contributed by atoms with E-state index in [4.69, 9.17) is 4.42 Å². The van der Waals surface area contributed by atoms with Gasteiger partial charge in [0.25, 0.3) is 0 Å². The van der Waals surface area contributed by atoms with Crippen LogP contribution in [0.15, 0.2) is 20.0 Å². The molecule has 0 radical (unpaired) electrons. The van der Waals surface area contributed by atoms with Crippen molar-refractivity contribution >= 4 is 26.0 Å². The molecule has 8 heteroatoms. The number of piperazine rings is 1. The molecular formula is C13H22BrN3O3S. The Hall–Kier alpha value is -0.410. The molecule has 0 aliphatic carbocycles. The monoisotopic (exact) mass is 379 g/mol. The van der Waals surface area contributed by atoms with Crippen LogP contribution < -0.4 is 5.32 Å². The van der Waals surface area contributed by atoms with Gasteiger partial charge >= 0.3 is 0 Å². The van der Waals surface area contributed by atoms with Crippen molar-refractivity contribution in [2.45, 2.75) is 31.3 Å². The Morgan fingerprint density at radius 3 is 2.81 bits per heavy atom. The molecule has 0 saturated carbocycles. The van der Waals surface area contributed by atoms with Crippen molar-refractivity contribution in [2.24, 2.45) is 0 Å². The summed E-state index contributed by atoms with van der Waals surface area (Å²) in [6.07, 6.45) is 0. The van der Waals surface area contributed by atoms with Crippen LogP contribution in [-0.2, 0) is 16.6 Å². The second-order valence-corrected chi connectivity index (χ2v) is 7.95. The van der Waals surface area contributed by atoms with E-state index in [1.807, 2.05) is 20.9 Å². The highest BCUT2D eigenvalue weighted by molar-refractivity contribution is 9.10. The molecule has 2 heterocycles. The Labute approximate surface area is 134 Å². The second kappa shape index (κ2) is 6.78. The molecule has 21 heavy (non-hydrogen) atoms. The molecule has 1 N–H and O–H groups in total. The first-order chi connectivity index (χ1) is 9.86. The molecule has 0 spiro atoms. The molecule has 0 aromatic carbocycles. The number of rotatable bonds is 5. The number of halogens is 1. The van der Waals surface area contributed by atoms with Gasteiger partial charge in [0.05, 0.1) is 6.54 Å². The van der Waals surface area contributed by atoms with E-state index in [1.165, 1.54) is 4.31 Å².